The summed E-state index contributed by atoms with van der Waals surface area (Å²) in [7, 11) is 0. The molecule has 0 amide bonds. The second-order valence-corrected chi connectivity index (χ2v) is 14.5. The number of hydrogen-bond acceptors (Lipinski definition) is 2. The van der Waals surface area contributed by atoms with Crippen molar-refractivity contribution in [1.29, 1.82) is 0 Å². The van der Waals surface area contributed by atoms with Crippen LogP contribution in [-0.2, 0) is 5.41 Å². The molecule has 0 saturated carbocycles. The predicted molar refractivity (Wildman–Crippen MR) is 227 cm³/mol. The number of fused-ring (bicyclic) bond motifs is 10. The van der Waals surface area contributed by atoms with Crippen LogP contribution in [0.5, 0.6) is 11.5 Å². The Balaban J connectivity index is 1.12. The van der Waals surface area contributed by atoms with Gasteiger partial charge in [0.15, 0.2) is 0 Å². The van der Waals surface area contributed by atoms with E-state index in [0.717, 1.165) is 39.5 Å². The van der Waals surface area contributed by atoms with Gasteiger partial charge in [0.25, 0.3) is 0 Å². The highest BCUT2D eigenvalue weighted by atomic mass is 16.5. The lowest BCUT2D eigenvalue weighted by atomic mass is 9.66. The molecule has 258 valence electrons. The van der Waals surface area contributed by atoms with Crippen molar-refractivity contribution in [3.05, 3.63) is 235 Å². The van der Waals surface area contributed by atoms with Gasteiger partial charge >= 0.3 is 0 Å². The van der Waals surface area contributed by atoms with Gasteiger partial charge in [-0.2, -0.15) is 0 Å². The molecule has 0 bridgehead atoms. The van der Waals surface area contributed by atoms with Crippen molar-refractivity contribution in [1.82, 2.24) is 0 Å². The monoisotopic (exact) mass is 701 g/mol. The SMILES string of the molecule is c1ccc(-c2ccc(N(c3ccc(-c4ccccc4)cc3)c3ccc4c(c3)Oc3cc5ccccc5cc3C43c4ccccc4-c4ccccc43)cc2)cc1. The smallest absolute Gasteiger partial charge is 0.134 e. The van der Waals surface area contributed by atoms with Crippen LogP contribution in [0.25, 0.3) is 44.2 Å². The summed E-state index contributed by atoms with van der Waals surface area (Å²) in [5.41, 5.74) is 14.8. The zero-order valence-electron chi connectivity index (χ0n) is 30.1. The molecular formula is C53H35NO. The molecule has 2 nitrogen and oxygen atoms in total. The Labute approximate surface area is 321 Å². The molecule has 0 fully saturated rings. The van der Waals surface area contributed by atoms with Crippen molar-refractivity contribution in [3.63, 3.8) is 0 Å². The van der Waals surface area contributed by atoms with E-state index < -0.39 is 5.41 Å². The van der Waals surface area contributed by atoms with Crippen LogP contribution >= 0.6 is 0 Å². The van der Waals surface area contributed by atoms with Crippen molar-refractivity contribution < 1.29 is 4.74 Å². The van der Waals surface area contributed by atoms with Crippen molar-refractivity contribution in [3.8, 4) is 44.9 Å². The minimum atomic E-state index is -0.543. The van der Waals surface area contributed by atoms with Crippen LogP contribution in [0.3, 0.4) is 0 Å². The fraction of sp³-hybridized carbons (Fsp3) is 0.0189. The topological polar surface area (TPSA) is 12.5 Å². The molecule has 1 spiro atoms. The molecule has 2 aliphatic rings. The largest absolute Gasteiger partial charge is 0.457 e. The van der Waals surface area contributed by atoms with Gasteiger partial charge in [0, 0.05) is 34.3 Å². The number of benzene rings is 9. The average Bonchev–Trinajstić information content (AvgIpc) is 3.55. The van der Waals surface area contributed by atoms with Crippen molar-refractivity contribution in [2.75, 3.05) is 4.90 Å². The molecule has 0 N–H and O–H groups in total. The first-order valence-corrected chi connectivity index (χ1v) is 18.9. The molecule has 1 aliphatic carbocycles. The molecule has 0 unspecified atom stereocenters. The van der Waals surface area contributed by atoms with Gasteiger partial charge in [0.2, 0.25) is 0 Å². The highest BCUT2D eigenvalue weighted by molar-refractivity contribution is 5.93. The minimum absolute atomic E-state index is 0.543. The first-order chi connectivity index (χ1) is 27.3. The molecule has 0 atom stereocenters. The predicted octanol–water partition coefficient (Wildman–Crippen LogP) is 14.1. The van der Waals surface area contributed by atoms with Gasteiger partial charge in [-0.1, -0.05) is 164 Å². The lowest BCUT2D eigenvalue weighted by Crippen LogP contribution is -2.32. The Morgan fingerprint density at radius 1 is 0.309 bits per heavy atom. The maximum absolute atomic E-state index is 7.09. The normalized spacial score (nSPS) is 13.0. The molecule has 9 aromatic carbocycles. The summed E-state index contributed by atoms with van der Waals surface area (Å²) in [5.74, 6) is 1.75. The van der Waals surface area contributed by atoms with Crippen LogP contribution < -0.4 is 9.64 Å². The van der Waals surface area contributed by atoms with Gasteiger partial charge in [-0.25, -0.2) is 0 Å². The fourth-order valence-corrected chi connectivity index (χ4v) is 9.03. The number of ether oxygens (including phenoxy) is 1. The fourth-order valence-electron chi connectivity index (χ4n) is 9.03. The zero-order chi connectivity index (χ0) is 36.3. The van der Waals surface area contributed by atoms with E-state index in [-0.39, 0.29) is 0 Å². The number of hydrogen-bond donors (Lipinski definition) is 0. The van der Waals surface area contributed by atoms with Crippen LogP contribution in [-0.4, -0.2) is 0 Å². The summed E-state index contributed by atoms with van der Waals surface area (Å²) in [4.78, 5) is 2.34. The Hall–Kier alpha value is -7.16. The molecule has 9 aromatic rings. The average molecular weight is 702 g/mol. The summed E-state index contributed by atoms with van der Waals surface area (Å²) >= 11 is 0. The molecule has 11 rings (SSSR count). The third-order valence-electron chi connectivity index (χ3n) is 11.5. The Morgan fingerprint density at radius 3 is 1.31 bits per heavy atom. The molecule has 1 aliphatic heterocycles. The van der Waals surface area contributed by atoms with Crippen LogP contribution in [0, 0.1) is 0 Å². The quantitative estimate of drug-likeness (QED) is 0.177. The van der Waals surface area contributed by atoms with Crippen LogP contribution in [0.2, 0.25) is 0 Å². The molecular weight excluding hydrogens is 667 g/mol. The van der Waals surface area contributed by atoms with Gasteiger partial charge in [-0.3, -0.25) is 0 Å². The Kier molecular flexibility index (Phi) is 7.11. The van der Waals surface area contributed by atoms with Crippen molar-refractivity contribution >= 4 is 27.8 Å². The second-order valence-electron chi connectivity index (χ2n) is 14.5. The standard InChI is InChI=1S/C53H35NO/c1-3-13-36(14-4-1)38-23-27-42(28-24-38)54(43-29-25-39(26-30-43)37-15-5-2-6-16-37)44-31-32-49-52(35-44)55-51-34-41-18-8-7-17-40(41)33-50(51)53(49)47-21-11-9-19-45(47)46-20-10-12-22-48(46)53/h1-35H. The van der Waals surface area contributed by atoms with E-state index in [4.69, 9.17) is 4.74 Å². The van der Waals surface area contributed by atoms with E-state index >= 15 is 0 Å². The lowest BCUT2D eigenvalue weighted by molar-refractivity contribution is 0.437. The first kappa shape index (κ1) is 31.4. The number of rotatable bonds is 5. The summed E-state index contributed by atoms with van der Waals surface area (Å²) in [6.45, 7) is 0. The third-order valence-corrected chi connectivity index (χ3v) is 11.5. The summed E-state index contributed by atoms with van der Waals surface area (Å²) in [5, 5.41) is 2.37. The molecule has 55 heavy (non-hydrogen) atoms. The van der Waals surface area contributed by atoms with Crippen LogP contribution in [0.1, 0.15) is 22.3 Å². The van der Waals surface area contributed by atoms with Crippen LogP contribution in [0.15, 0.2) is 212 Å². The lowest BCUT2D eigenvalue weighted by Gasteiger charge is -2.40. The summed E-state index contributed by atoms with van der Waals surface area (Å²) in [6.07, 6.45) is 0. The minimum Gasteiger partial charge on any atom is -0.457 e. The summed E-state index contributed by atoms with van der Waals surface area (Å²) < 4.78 is 7.09. The van der Waals surface area contributed by atoms with E-state index in [1.807, 2.05) is 0 Å². The van der Waals surface area contributed by atoms with E-state index in [1.54, 1.807) is 0 Å². The van der Waals surface area contributed by atoms with Gasteiger partial charge in [-0.05, 0) is 97.7 Å². The van der Waals surface area contributed by atoms with Crippen molar-refractivity contribution in [2.24, 2.45) is 0 Å². The molecule has 0 radical (unpaired) electrons. The van der Waals surface area contributed by atoms with Gasteiger partial charge < -0.3 is 9.64 Å². The zero-order valence-corrected chi connectivity index (χ0v) is 30.1. The van der Waals surface area contributed by atoms with Crippen molar-refractivity contribution in [2.45, 2.75) is 5.41 Å². The molecule has 2 heteroatoms. The first-order valence-electron chi connectivity index (χ1n) is 18.9. The van der Waals surface area contributed by atoms with E-state index in [9.17, 15) is 0 Å². The Bertz CT molecular complexity index is 2750. The number of nitrogens with zero attached hydrogens (tertiary/aromatic N) is 1. The van der Waals surface area contributed by atoms with E-state index in [1.165, 1.54) is 55.5 Å². The highest BCUT2D eigenvalue weighted by Crippen LogP contribution is 2.63. The maximum atomic E-state index is 7.09. The van der Waals surface area contributed by atoms with E-state index in [2.05, 4.69) is 217 Å². The molecule has 1 heterocycles. The highest BCUT2D eigenvalue weighted by Gasteiger charge is 2.51. The Morgan fingerprint density at radius 2 is 0.745 bits per heavy atom. The second kappa shape index (κ2) is 12.5. The molecule has 0 aromatic heterocycles. The maximum Gasteiger partial charge on any atom is 0.134 e. The third kappa shape index (κ3) is 4.89. The number of anilines is 3. The van der Waals surface area contributed by atoms with Gasteiger partial charge in [0.05, 0.1) is 5.41 Å². The summed E-state index contributed by atoms with van der Waals surface area (Å²) in [6, 6.07) is 76.7. The van der Waals surface area contributed by atoms with Crippen LogP contribution in [0.4, 0.5) is 17.1 Å². The molecule has 0 saturated heterocycles. The van der Waals surface area contributed by atoms with E-state index in [0.29, 0.717) is 0 Å². The van der Waals surface area contributed by atoms with Gasteiger partial charge in [0.1, 0.15) is 11.5 Å². The van der Waals surface area contributed by atoms with Gasteiger partial charge in [-0.15, -0.1) is 0 Å².